The van der Waals surface area contributed by atoms with E-state index in [0.29, 0.717) is 5.69 Å². The zero-order valence-electron chi connectivity index (χ0n) is 9.75. The first-order valence-electron chi connectivity index (χ1n) is 5.15. The molecule has 1 aromatic carbocycles. The van der Waals surface area contributed by atoms with Gasteiger partial charge in [0, 0.05) is 6.07 Å². The van der Waals surface area contributed by atoms with E-state index in [1.807, 2.05) is 0 Å². The Morgan fingerprint density at radius 2 is 1.89 bits per heavy atom. The van der Waals surface area contributed by atoms with E-state index in [9.17, 15) is 18.0 Å². The van der Waals surface area contributed by atoms with E-state index < -0.39 is 17.7 Å². The van der Waals surface area contributed by atoms with Crippen LogP contribution in [-0.2, 0) is 11.0 Å². The molecule has 6 heteroatoms. The molecule has 0 spiro atoms. The van der Waals surface area contributed by atoms with Crippen molar-refractivity contribution in [1.29, 1.82) is 0 Å². The number of quaternary nitrogens is 1. The number of hydrogen-bond acceptors (Lipinski definition) is 1. The number of carboxylic acids is 1. The third kappa shape index (κ3) is 1.88. The summed E-state index contributed by atoms with van der Waals surface area (Å²) in [5.41, 5.74) is -0.265. The third-order valence-corrected chi connectivity index (χ3v) is 2.92. The fourth-order valence-corrected chi connectivity index (χ4v) is 2.06. The van der Waals surface area contributed by atoms with Crippen LogP contribution in [0.15, 0.2) is 24.4 Å². The lowest BCUT2D eigenvalue weighted by Gasteiger charge is -2.21. The van der Waals surface area contributed by atoms with Crippen LogP contribution >= 0.6 is 0 Å². The maximum Gasteiger partial charge on any atom is 0.416 e. The average molecular weight is 258 g/mol. The fraction of sp³-hybridized carbons (Fsp3) is 0.250. The van der Waals surface area contributed by atoms with Crippen LogP contribution in [0.2, 0.25) is 0 Å². The van der Waals surface area contributed by atoms with Crippen molar-refractivity contribution >= 4 is 17.2 Å². The van der Waals surface area contributed by atoms with Gasteiger partial charge in [-0.25, -0.2) is 4.79 Å². The van der Waals surface area contributed by atoms with E-state index in [-0.39, 0.29) is 15.6 Å². The Hall–Kier alpha value is -1.82. The molecule has 96 valence electrons. The Balaban J connectivity index is 2.64. The molecule has 1 aliphatic heterocycles. The normalized spacial score (nSPS) is 17.3. The van der Waals surface area contributed by atoms with Gasteiger partial charge in [0.25, 0.3) is 0 Å². The van der Waals surface area contributed by atoms with Crippen molar-refractivity contribution in [3.8, 4) is 0 Å². The summed E-state index contributed by atoms with van der Waals surface area (Å²) < 4.78 is 37.9. The number of nitrogens with zero attached hydrogens (tertiary/aromatic N) is 1. The summed E-state index contributed by atoms with van der Waals surface area (Å²) >= 11 is 0. The second-order valence-electron chi connectivity index (χ2n) is 4.62. The van der Waals surface area contributed by atoms with Crippen molar-refractivity contribution in [2.45, 2.75) is 6.18 Å². The Labute approximate surface area is 101 Å². The summed E-state index contributed by atoms with van der Waals surface area (Å²) in [5.74, 6) is -1.22. The predicted octanol–water partition coefficient (Wildman–Crippen LogP) is 2.71. The molecule has 0 unspecified atom stereocenters. The van der Waals surface area contributed by atoms with Crippen LogP contribution in [0.3, 0.4) is 0 Å². The minimum absolute atomic E-state index is 0.0962. The highest BCUT2D eigenvalue weighted by molar-refractivity contribution is 6.19. The van der Waals surface area contributed by atoms with Gasteiger partial charge in [-0.1, -0.05) is 0 Å². The van der Waals surface area contributed by atoms with Crippen molar-refractivity contribution in [2.75, 3.05) is 14.1 Å². The first-order chi connectivity index (χ1) is 8.13. The van der Waals surface area contributed by atoms with Gasteiger partial charge < -0.3 is 5.11 Å². The first-order valence-corrected chi connectivity index (χ1v) is 5.15. The molecule has 0 aliphatic carbocycles. The minimum atomic E-state index is -4.47. The van der Waals surface area contributed by atoms with Crippen LogP contribution < -0.4 is 4.48 Å². The maximum absolute atomic E-state index is 12.6. The molecule has 0 amide bonds. The lowest BCUT2D eigenvalue weighted by atomic mass is 10.0. The summed E-state index contributed by atoms with van der Waals surface area (Å²) in [5, 5.41) is 9.03. The lowest BCUT2D eigenvalue weighted by Crippen LogP contribution is -2.31. The summed E-state index contributed by atoms with van der Waals surface area (Å²) in [6.07, 6.45) is -3.05. The number of carbonyl (C=O) groups is 1. The molecular weight excluding hydrogens is 247 g/mol. The van der Waals surface area contributed by atoms with Gasteiger partial charge in [0.05, 0.1) is 25.2 Å². The molecule has 18 heavy (non-hydrogen) atoms. The highest BCUT2D eigenvalue weighted by Gasteiger charge is 2.38. The Bertz CT molecular complexity index is 559. The molecule has 2 rings (SSSR count). The van der Waals surface area contributed by atoms with Crippen LogP contribution in [0.1, 0.15) is 11.1 Å². The van der Waals surface area contributed by atoms with Gasteiger partial charge in [0.1, 0.15) is 17.5 Å². The molecule has 1 aromatic rings. The molecule has 0 saturated carbocycles. The van der Waals surface area contributed by atoms with E-state index in [4.69, 9.17) is 5.11 Å². The van der Waals surface area contributed by atoms with Gasteiger partial charge in [-0.2, -0.15) is 13.2 Å². The van der Waals surface area contributed by atoms with Crippen molar-refractivity contribution in [2.24, 2.45) is 0 Å². The average Bonchev–Trinajstić information content (AvgIpc) is 2.49. The molecule has 0 aromatic heterocycles. The number of carboxylic acid groups (broad SMARTS) is 1. The summed E-state index contributed by atoms with van der Waals surface area (Å²) in [6.45, 7) is 0. The second-order valence-corrected chi connectivity index (χ2v) is 4.62. The molecule has 0 saturated heterocycles. The quantitative estimate of drug-likeness (QED) is 0.786. The van der Waals surface area contributed by atoms with Crippen molar-refractivity contribution in [3.63, 3.8) is 0 Å². The molecule has 0 atom stereocenters. The van der Waals surface area contributed by atoms with Crippen LogP contribution in [-0.4, -0.2) is 25.2 Å². The van der Waals surface area contributed by atoms with E-state index in [0.717, 1.165) is 12.1 Å². The maximum atomic E-state index is 12.6. The Kier molecular flexibility index (Phi) is 2.52. The van der Waals surface area contributed by atoms with Crippen LogP contribution in [0, 0.1) is 0 Å². The number of fused-ring (bicyclic) bond motifs is 1. The van der Waals surface area contributed by atoms with E-state index in [1.54, 1.807) is 14.1 Å². The molecule has 1 aliphatic rings. The van der Waals surface area contributed by atoms with Gasteiger partial charge in [-0.3, -0.25) is 4.48 Å². The molecule has 0 fully saturated rings. The van der Waals surface area contributed by atoms with Gasteiger partial charge in [0.15, 0.2) is 0 Å². The van der Waals surface area contributed by atoms with E-state index in [1.165, 1.54) is 12.3 Å². The van der Waals surface area contributed by atoms with Crippen LogP contribution in [0.5, 0.6) is 0 Å². The number of alkyl halides is 3. The largest absolute Gasteiger partial charge is 0.477 e. The van der Waals surface area contributed by atoms with Crippen molar-refractivity contribution < 1.29 is 23.1 Å². The fourth-order valence-electron chi connectivity index (χ4n) is 2.06. The Morgan fingerprint density at radius 1 is 1.28 bits per heavy atom. The van der Waals surface area contributed by atoms with Crippen molar-refractivity contribution in [3.05, 3.63) is 35.5 Å². The molecule has 1 N–H and O–H groups in total. The summed E-state index contributed by atoms with van der Waals surface area (Å²) in [7, 11) is 3.42. The van der Waals surface area contributed by atoms with Crippen LogP contribution in [0.4, 0.5) is 18.9 Å². The molecule has 0 radical (unpaired) electrons. The zero-order chi connectivity index (χ0) is 13.7. The summed E-state index contributed by atoms with van der Waals surface area (Å²) in [6, 6.07) is 3.18. The van der Waals surface area contributed by atoms with Gasteiger partial charge in [-0.05, 0) is 12.1 Å². The van der Waals surface area contributed by atoms with Gasteiger partial charge in [-0.15, -0.1) is 0 Å². The standard InChI is InChI=1S/C12H10F3NO2/c1-16(2)6-9(11(17)18)8-5-7(12(13,14)15)3-4-10(8)16/h3-6H,1-2H3/p+1. The lowest BCUT2D eigenvalue weighted by molar-refractivity contribution is -0.137. The smallest absolute Gasteiger partial charge is 0.416 e. The topological polar surface area (TPSA) is 37.3 Å². The number of aliphatic carboxylic acids is 1. The van der Waals surface area contributed by atoms with E-state index >= 15 is 0 Å². The molecule has 3 nitrogen and oxygen atoms in total. The monoisotopic (exact) mass is 258 g/mol. The zero-order valence-corrected chi connectivity index (χ0v) is 9.75. The SMILES string of the molecule is C[N+]1(C)C=C(C(=O)O)c2cc(C(F)(F)F)ccc21. The summed E-state index contributed by atoms with van der Waals surface area (Å²) in [4.78, 5) is 11.1. The number of benzene rings is 1. The molecular formula is C12H11F3NO2+. The van der Waals surface area contributed by atoms with Crippen LogP contribution in [0.25, 0.3) is 5.57 Å². The number of hydrogen-bond donors (Lipinski definition) is 1. The Morgan fingerprint density at radius 3 is 2.39 bits per heavy atom. The van der Waals surface area contributed by atoms with Gasteiger partial charge >= 0.3 is 12.1 Å². The number of rotatable bonds is 1. The van der Waals surface area contributed by atoms with Gasteiger partial charge in [0.2, 0.25) is 0 Å². The van der Waals surface area contributed by atoms with E-state index in [2.05, 4.69) is 0 Å². The molecule has 0 bridgehead atoms. The predicted molar refractivity (Wildman–Crippen MR) is 60.7 cm³/mol. The minimum Gasteiger partial charge on any atom is -0.477 e. The highest BCUT2D eigenvalue weighted by atomic mass is 19.4. The highest BCUT2D eigenvalue weighted by Crippen LogP contribution is 2.41. The van der Waals surface area contributed by atoms with Crippen molar-refractivity contribution in [1.82, 2.24) is 4.48 Å². The number of halogens is 3. The molecule has 1 heterocycles. The third-order valence-electron chi connectivity index (χ3n) is 2.92. The second kappa shape index (κ2) is 3.58. The first kappa shape index (κ1) is 12.6.